The maximum absolute atomic E-state index is 8.53. The van der Waals surface area contributed by atoms with Crippen molar-refractivity contribution in [2.45, 2.75) is 12.0 Å². The molecule has 0 spiro atoms. The zero-order chi connectivity index (χ0) is 6.20. The smallest absolute Gasteiger partial charge is 0.0614 e. The van der Waals surface area contributed by atoms with Gasteiger partial charge in [-0.05, 0) is 6.42 Å². The van der Waals surface area contributed by atoms with Crippen LogP contribution in [0.25, 0.3) is 0 Å². The molecule has 0 unspecified atom stereocenters. The Morgan fingerprint density at radius 1 is 1.62 bits per heavy atom. The van der Waals surface area contributed by atoms with Gasteiger partial charge in [0.1, 0.15) is 0 Å². The zero-order valence-corrected chi connectivity index (χ0v) is 4.67. The second-order valence-electron chi connectivity index (χ2n) is 2.47. The minimum Gasteiger partial charge on any atom is -0.396 e. The van der Waals surface area contributed by atoms with Gasteiger partial charge in [0, 0.05) is 18.1 Å². The maximum atomic E-state index is 8.53. The van der Waals surface area contributed by atoms with Crippen molar-refractivity contribution < 1.29 is 10.2 Å². The predicted octanol–water partition coefficient (Wildman–Crippen LogP) is -1.31. The van der Waals surface area contributed by atoms with E-state index in [4.69, 9.17) is 15.9 Å². The van der Waals surface area contributed by atoms with Crippen LogP contribution < -0.4 is 5.73 Å². The molecule has 8 heavy (non-hydrogen) atoms. The Hall–Kier alpha value is -0.120. The van der Waals surface area contributed by atoms with Crippen molar-refractivity contribution in [2.75, 3.05) is 13.2 Å². The first kappa shape index (κ1) is 6.01. The lowest BCUT2D eigenvalue weighted by Crippen LogP contribution is -2.30. The van der Waals surface area contributed by atoms with Crippen molar-refractivity contribution in [2.24, 2.45) is 11.7 Å². The molecule has 1 saturated carbocycles. The highest BCUT2D eigenvalue weighted by Crippen LogP contribution is 2.39. The second-order valence-corrected chi connectivity index (χ2v) is 2.47. The van der Waals surface area contributed by atoms with E-state index in [1.165, 1.54) is 0 Å². The molecule has 0 amide bonds. The number of hydrogen-bond acceptors (Lipinski definition) is 3. The van der Waals surface area contributed by atoms with Crippen molar-refractivity contribution in [1.29, 1.82) is 0 Å². The number of rotatable bonds is 2. The van der Waals surface area contributed by atoms with Gasteiger partial charge in [0.05, 0.1) is 6.61 Å². The molecule has 3 heteroatoms. The minimum absolute atomic E-state index is 0.00176. The molecule has 1 fully saturated rings. The highest BCUT2D eigenvalue weighted by atomic mass is 16.3. The van der Waals surface area contributed by atoms with E-state index >= 15 is 0 Å². The van der Waals surface area contributed by atoms with Crippen molar-refractivity contribution in [3.05, 3.63) is 0 Å². The summed E-state index contributed by atoms with van der Waals surface area (Å²) in [5, 5.41) is 17.0. The van der Waals surface area contributed by atoms with Crippen LogP contribution >= 0.6 is 0 Å². The molecule has 3 nitrogen and oxygen atoms in total. The summed E-state index contributed by atoms with van der Waals surface area (Å²) < 4.78 is 0. The first-order valence-electron chi connectivity index (χ1n) is 2.73. The lowest BCUT2D eigenvalue weighted by Gasteiger charge is -2.02. The largest absolute Gasteiger partial charge is 0.396 e. The molecule has 0 saturated heterocycles. The topological polar surface area (TPSA) is 66.5 Å². The Morgan fingerprint density at radius 3 is 2.38 bits per heavy atom. The second kappa shape index (κ2) is 1.69. The minimum atomic E-state index is -0.436. The number of nitrogens with two attached hydrogens (primary N) is 1. The van der Waals surface area contributed by atoms with Gasteiger partial charge in [-0.2, -0.15) is 0 Å². The Labute approximate surface area is 48.1 Å². The summed E-state index contributed by atoms with van der Waals surface area (Å²) in [5.74, 6) is 0.146. The van der Waals surface area contributed by atoms with Gasteiger partial charge in [-0.3, -0.25) is 0 Å². The normalized spacial score (nSPS) is 44.6. The Balaban J connectivity index is 2.31. The SMILES string of the molecule is N[C@]1(CO)C[C@@H]1CO. The average molecular weight is 117 g/mol. The van der Waals surface area contributed by atoms with E-state index < -0.39 is 5.54 Å². The fourth-order valence-corrected chi connectivity index (χ4v) is 0.840. The summed E-state index contributed by atoms with van der Waals surface area (Å²) in [5.41, 5.74) is 5.05. The van der Waals surface area contributed by atoms with Gasteiger partial charge < -0.3 is 15.9 Å². The molecule has 1 aliphatic carbocycles. The summed E-state index contributed by atoms with van der Waals surface area (Å²) in [4.78, 5) is 0. The van der Waals surface area contributed by atoms with Crippen LogP contribution in [0.15, 0.2) is 0 Å². The predicted molar refractivity (Wildman–Crippen MR) is 29.2 cm³/mol. The molecule has 0 bridgehead atoms. The third-order valence-electron chi connectivity index (χ3n) is 1.79. The Kier molecular flexibility index (Phi) is 1.27. The number of aliphatic hydroxyl groups excluding tert-OH is 2. The molecule has 1 aliphatic rings. The lowest BCUT2D eigenvalue weighted by atomic mass is 10.2. The van der Waals surface area contributed by atoms with E-state index in [-0.39, 0.29) is 19.1 Å². The molecular weight excluding hydrogens is 106 g/mol. The summed E-state index contributed by atoms with van der Waals surface area (Å²) in [6.45, 7) is 0.106. The van der Waals surface area contributed by atoms with Crippen LogP contribution in [-0.2, 0) is 0 Å². The molecular formula is C5H11NO2. The maximum Gasteiger partial charge on any atom is 0.0614 e. The number of aliphatic hydroxyl groups is 2. The van der Waals surface area contributed by atoms with Crippen molar-refractivity contribution in [3.8, 4) is 0 Å². The summed E-state index contributed by atoms with van der Waals surface area (Å²) in [7, 11) is 0. The van der Waals surface area contributed by atoms with Crippen LogP contribution in [0.2, 0.25) is 0 Å². The van der Waals surface area contributed by atoms with Crippen LogP contribution in [0.1, 0.15) is 6.42 Å². The number of hydrogen-bond donors (Lipinski definition) is 3. The van der Waals surface area contributed by atoms with Crippen LogP contribution in [0.5, 0.6) is 0 Å². The average Bonchev–Trinajstić information content (AvgIpc) is 2.44. The van der Waals surface area contributed by atoms with Gasteiger partial charge in [0.2, 0.25) is 0 Å². The Bertz CT molecular complexity index is 96.4. The molecule has 0 heterocycles. The lowest BCUT2D eigenvalue weighted by molar-refractivity contribution is 0.215. The van der Waals surface area contributed by atoms with Gasteiger partial charge in [-0.1, -0.05) is 0 Å². The van der Waals surface area contributed by atoms with E-state index in [0.29, 0.717) is 0 Å². The van der Waals surface area contributed by atoms with Gasteiger partial charge in [0.15, 0.2) is 0 Å². The summed E-state index contributed by atoms with van der Waals surface area (Å²) in [6, 6.07) is 0. The van der Waals surface area contributed by atoms with E-state index in [1.807, 2.05) is 0 Å². The fraction of sp³-hybridized carbons (Fsp3) is 1.00. The molecule has 4 N–H and O–H groups in total. The first-order valence-corrected chi connectivity index (χ1v) is 2.73. The van der Waals surface area contributed by atoms with E-state index in [1.54, 1.807) is 0 Å². The van der Waals surface area contributed by atoms with E-state index in [0.717, 1.165) is 6.42 Å². The monoisotopic (exact) mass is 117 g/mol. The molecule has 0 aromatic heterocycles. The molecule has 0 aromatic carbocycles. The van der Waals surface area contributed by atoms with Gasteiger partial charge in [-0.25, -0.2) is 0 Å². The quantitative estimate of drug-likeness (QED) is 0.420. The molecule has 0 aliphatic heterocycles. The van der Waals surface area contributed by atoms with E-state index in [2.05, 4.69) is 0 Å². The van der Waals surface area contributed by atoms with E-state index in [9.17, 15) is 0 Å². The third-order valence-corrected chi connectivity index (χ3v) is 1.79. The van der Waals surface area contributed by atoms with Crippen molar-refractivity contribution in [1.82, 2.24) is 0 Å². The van der Waals surface area contributed by atoms with Crippen LogP contribution in [0, 0.1) is 5.92 Å². The van der Waals surface area contributed by atoms with Crippen LogP contribution in [-0.4, -0.2) is 29.0 Å². The molecule has 1 rings (SSSR count). The molecule has 0 radical (unpaired) electrons. The highest BCUT2D eigenvalue weighted by molar-refractivity contribution is 5.06. The standard InChI is InChI=1S/C5H11NO2/c6-5(3-8)1-4(5)2-7/h4,7-8H,1-3,6H2/t4-,5+/m1/s1. The molecule has 0 aromatic rings. The van der Waals surface area contributed by atoms with Gasteiger partial charge >= 0.3 is 0 Å². The van der Waals surface area contributed by atoms with Crippen LogP contribution in [0.3, 0.4) is 0 Å². The van der Waals surface area contributed by atoms with Gasteiger partial charge in [-0.15, -0.1) is 0 Å². The summed E-state index contributed by atoms with van der Waals surface area (Å²) >= 11 is 0. The van der Waals surface area contributed by atoms with Crippen molar-refractivity contribution in [3.63, 3.8) is 0 Å². The third kappa shape index (κ3) is 0.727. The Morgan fingerprint density at radius 2 is 2.25 bits per heavy atom. The molecule has 2 atom stereocenters. The fourth-order valence-electron chi connectivity index (χ4n) is 0.840. The van der Waals surface area contributed by atoms with Crippen molar-refractivity contribution >= 4 is 0 Å². The zero-order valence-electron chi connectivity index (χ0n) is 4.67. The van der Waals surface area contributed by atoms with Gasteiger partial charge in [0.25, 0.3) is 0 Å². The van der Waals surface area contributed by atoms with Crippen LogP contribution in [0.4, 0.5) is 0 Å². The summed E-state index contributed by atoms with van der Waals surface area (Å²) in [6.07, 6.45) is 0.764. The highest BCUT2D eigenvalue weighted by Gasteiger charge is 2.49. The first-order chi connectivity index (χ1) is 3.73. The molecule has 48 valence electrons.